The second kappa shape index (κ2) is 5.30. The van der Waals surface area contributed by atoms with Gasteiger partial charge in [-0.15, -0.1) is 0 Å². The predicted molar refractivity (Wildman–Crippen MR) is 74.2 cm³/mol. The first-order chi connectivity index (χ1) is 8.90. The van der Waals surface area contributed by atoms with Crippen molar-refractivity contribution in [2.24, 2.45) is 7.05 Å². The van der Waals surface area contributed by atoms with Crippen molar-refractivity contribution in [2.45, 2.75) is 6.54 Å². The van der Waals surface area contributed by atoms with E-state index < -0.39 is 17.1 Å². The van der Waals surface area contributed by atoms with Gasteiger partial charge < -0.3 is 0 Å². The Morgan fingerprint density at radius 1 is 1.32 bits per heavy atom. The Hall–Kier alpha value is -1.40. The van der Waals surface area contributed by atoms with E-state index in [-0.39, 0.29) is 11.7 Å². The van der Waals surface area contributed by atoms with Gasteiger partial charge in [-0.2, -0.15) is 0 Å². The van der Waals surface area contributed by atoms with E-state index in [0.29, 0.717) is 10.0 Å². The molecule has 0 unspecified atom stereocenters. The number of hydrogen-bond donors (Lipinski definition) is 0. The highest BCUT2D eigenvalue weighted by Gasteiger charge is 2.10. The molecule has 1 heterocycles. The molecular formula is C12H9BrClFN2O2. The zero-order chi connectivity index (χ0) is 14.2. The fourth-order valence-electron chi connectivity index (χ4n) is 1.62. The molecule has 0 aliphatic heterocycles. The Bertz CT molecular complexity index is 754. The van der Waals surface area contributed by atoms with Crippen LogP contribution in [0.3, 0.4) is 0 Å². The minimum Gasteiger partial charge on any atom is -0.279 e. The molecule has 2 rings (SSSR count). The van der Waals surface area contributed by atoms with E-state index in [9.17, 15) is 14.0 Å². The van der Waals surface area contributed by atoms with Crippen molar-refractivity contribution in [3.8, 4) is 0 Å². The van der Waals surface area contributed by atoms with Crippen LogP contribution in [0.25, 0.3) is 0 Å². The van der Waals surface area contributed by atoms with Crippen LogP contribution in [-0.4, -0.2) is 9.13 Å². The van der Waals surface area contributed by atoms with Crippen LogP contribution in [0, 0.1) is 5.82 Å². The third kappa shape index (κ3) is 2.79. The van der Waals surface area contributed by atoms with Crippen LogP contribution < -0.4 is 11.2 Å². The maximum absolute atomic E-state index is 13.2. The first-order valence-electron chi connectivity index (χ1n) is 5.30. The summed E-state index contributed by atoms with van der Waals surface area (Å²) < 4.78 is 16.0. The molecule has 0 aliphatic rings. The summed E-state index contributed by atoms with van der Waals surface area (Å²) >= 11 is 9.17. The SMILES string of the molecule is Cn1c(=O)cc(Cl)n(Cc2cc(F)ccc2Br)c1=O. The molecule has 4 nitrogen and oxygen atoms in total. The third-order valence-electron chi connectivity index (χ3n) is 2.69. The Labute approximate surface area is 121 Å². The second-order valence-electron chi connectivity index (χ2n) is 3.97. The molecule has 19 heavy (non-hydrogen) atoms. The van der Waals surface area contributed by atoms with Crippen LogP contribution >= 0.6 is 27.5 Å². The van der Waals surface area contributed by atoms with Gasteiger partial charge in [0.2, 0.25) is 0 Å². The Kier molecular flexibility index (Phi) is 3.91. The lowest BCUT2D eigenvalue weighted by molar-refractivity contribution is 0.615. The smallest absolute Gasteiger partial charge is 0.279 e. The van der Waals surface area contributed by atoms with Crippen molar-refractivity contribution in [2.75, 3.05) is 0 Å². The molecule has 0 atom stereocenters. The lowest BCUT2D eigenvalue weighted by Crippen LogP contribution is -2.38. The molecule has 1 aromatic heterocycles. The minimum atomic E-state index is -0.548. The molecule has 0 N–H and O–H groups in total. The van der Waals surface area contributed by atoms with Crippen molar-refractivity contribution < 1.29 is 4.39 Å². The van der Waals surface area contributed by atoms with Crippen LogP contribution in [0.1, 0.15) is 5.56 Å². The maximum Gasteiger partial charge on any atom is 0.332 e. The number of halogens is 3. The molecular weight excluding hydrogens is 338 g/mol. The molecule has 100 valence electrons. The summed E-state index contributed by atoms with van der Waals surface area (Å²) in [4.78, 5) is 23.3. The lowest BCUT2D eigenvalue weighted by atomic mass is 10.2. The highest BCUT2D eigenvalue weighted by atomic mass is 79.9. The summed E-state index contributed by atoms with van der Waals surface area (Å²) in [5, 5.41) is 0.0178. The Morgan fingerprint density at radius 2 is 2.00 bits per heavy atom. The Balaban J connectivity index is 2.56. The summed E-state index contributed by atoms with van der Waals surface area (Å²) in [6, 6.07) is 5.30. The van der Waals surface area contributed by atoms with Gasteiger partial charge in [0.25, 0.3) is 5.56 Å². The van der Waals surface area contributed by atoms with Gasteiger partial charge in [-0.3, -0.25) is 13.9 Å². The zero-order valence-electron chi connectivity index (χ0n) is 9.86. The molecule has 0 amide bonds. The summed E-state index contributed by atoms with van der Waals surface area (Å²) in [5.74, 6) is -0.410. The third-order valence-corrected chi connectivity index (χ3v) is 3.77. The van der Waals surface area contributed by atoms with Gasteiger partial charge in [-0.05, 0) is 23.8 Å². The molecule has 0 aliphatic carbocycles. The fraction of sp³-hybridized carbons (Fsp3) is 0.167. The molecule has 0 fully saturated rings. The van der Waals surface area contributed by atoms with E-state index in [1.54, 1.807) is 6.07 Å². The topological polar surface area (TPSA) is 44.0 Å². The van der Waals surface area contributed by atoms with Crippen molar-refractivity contribution in [1.29, 1.82) is 0 Å². The van der Waals surface area contributed by atoms with Gasteiger partial charge >= 0.3 is 5.69 Å². The van der Waals surface area contributed by atoms with E-state index in [1.165, 1.54) is 23.7 Å². The zero-order valence-corrected chi connectivity index (χ0v) is 12.2. The van der Waals surface area contributed by atoms with Crippen molar-refractivity contribution >= 4 is 27.5 Å². The lowest BCUT2D eigenvalue weighted by Gasteiger charge is -2.11. The van der Waals surface area contributed by atoms with Gasteiger partial charge in [0.05, 0.1) is 6.54 Å². The highest BCUT2D eigenvalue weighted by Crippen LogP contribution is 2.19. The average molecular weight is 348 g/mol. The van der Waals surface area contributed by atoms with E-state index in [4.69, 9.17) is 11.6 Å². The van der Waals surface area contributed by atoms with Crippen LogP contribution in [-0.2, 0) is 13.6 Å². The minimum absolute atomic E-state index is 0.0178. The van der Waals surface area contributed by atoms with Gasteiger partial charge in [0.1, 0.15) is 11.0 Å². The standard InChI is InChI=1S/C12H9BrClFN2O2/c1-16-11(18)5-10(14)17(12(16)19)6-7-4-8(15)2-3-9(7)13/h2-5H,6H2,1H3. The quantitative estimate of drug-likeness (QED) is 0.781. The molecule has 0 radical (unpaired) electrons. The largest absolute Gasteiger partial charge is 0.332 e. The molecule has 1 aromatic carbocycles. The number of hydrogen-bond acceptors (Lipinski definition) is 2. The van der Waals surface area contributed by atoms with Crippen LogP contribution in [0.5, 0.6) is 0 Å². The van der Waals surface area contributed by atoms with Crippen LogP contribution in [0.4, 0.5) is 4.39 Å². The van der Waals surface area contributed by atoms with E-state index >= 15 is 0 Å². The molecule has 0 saturated carbocycles. The number of benzene rings is 1. The van der Waals surface area contributed by atoms with Crippen LogP contribution in [0.2, 0.25) is 5.15 Å². The maximum atomic E-state index is 13.2. The van der Waals surface area contributed by atoms with Crippen molar-refractivity contribution in [1.82, 2.24) is 9.13 Å². The van der Waals surface area contributed by atoms with Crippen molar-refractivity contribution in [3.05, 3.63) is 66.1 Å². The average Bonchev–Trinajstić information content (AvgIpc) is 2.36. The fourth-order valence-corrected chi connectivity index (χ4v) is 2.22. The predicted octanol–water partition coefficient (Wildman–Crippen LogP) is 2.15. The van der Waals surface area contributed by atoms with Gasteiger partial charge in [0.15, 0.2) is 0 Å². The van der Waals surface area contributed by atoms with E-state index in [1.807, 2.05) is 0 Å². The Morgan fingerprint density at radius 3 is 2.68 bits per heavy atom. The van der Waals surface area contributed by atoms with Gasteiger partial charge in [-0.25, -0.2) is 9.18 Å². The number of nitrogens with zero attached hydrogens (tertiary/aromatic N) is 2. The summed E-state index contributed by atoms with van der Waals surface area (Å²) in [7, 11) is 1.36. The van der Waals surface area contributed by atoms with Crippen molar-refractivity contribution in [3.63, 3.8) is 0 Å². The highest BCUT2D eigenvalue weighted by molar-refractivity contribution is 9.10. The molecule has 0 saturated heterocycles. The first-order valence-corrected chi connectivity index (χ1v) is 6.47. The molecule has 2 aromatic rings. The van der Waals surface area contributed by atoms with E-state index in [2.05, 4.69) is 15.9 Å². The molecule has 0 spiro atoms. The molecule has 7 heteroatoms. The first kappa shape index (κ1) is 14.0. The second-order valence-corrected chi connectivity index (χ2v) is 5.21. The van der Waals surface area contributed by atoms with Gasteiger partial charge in [-0.1, -0.05) is 27.5 Å². The molecule has 0 bridgehead atoms. The van der Waals surface area contributed by atoms with Crippen LogP contribution in [0.15, 0.2) is 38.3 Å². The van der Waals surface area contributed by atoms with Gasteiger partial charge in [0, 0.05) is 17.6 Å². The number of rotatable bonds is 2. The number of aromatic nitrogens is 2. The monoisotopic (exact) mass is 346 g/mol. The summed E-state index contributed by atoms with van der Waals surface area (Å²) in [6.07, 6.45) is 0. The normalized spacial score (nSPS) is 10.7. The summed E-state index contributed by atoms with van der Waals surface area (Å²) in [5.41, 5.74) is -0.471. The summed E-state index contributed by atoms with van der Waals surface area (Å²) in [6.45, 7) is 0.0735. The van der Waals surface area contributed by atoms with E-state index in [0.717, 1.165) is 10.6 Å².